The molecule has 1 heterocycles. The second kappa shape index (κ2) is 3.99. The lowest BCUT2D eigenvalue weighted by Crippen LogP contribution is -2.52. The monoisotopic (exact) mass is 228 g/mol. The minimum atomic E-state index is -0.620. The van der Waals surface area contributed by atoms with Crippen molar-refractivity contribution in [3.05, 3.63) is 0 Å². The van der Waals surface area contributed by atoms with Crippen molar-refractivity contribution in [1.29, 1.82) is 0 Å². The van der Waals surface area contributed by atoms with E-state index in [0.717, 1.165) is 26.2 Å². The Morgan fingerprint density at radius 2 is 1.69 bits per heavy atom. The van der Waals surface area contributed by atoms with Crippen LogP contribution in [0.25, 0.3) is 0 Å². The molecule has 0 aromatic rings. The summed E-state index contributed by atoms with van der Waals surface area (Å²) in [5, 5.41) is 0. The van der Waals surface area contributed by atoms with Crippen LogP contribution in [-0.4, -0.2) is 54.1 Å². The molecular weight excluding hydrogens is 207 g/mol. The van der Waals surface area contributed by atoms with Crippen LogP contribution >= 0.6 is 0 Å². The quantitative estimate of drug-likeness (QED) is 0.675. The summed E-state index contributed by atoms with van der Waals surface area (Å²) in [7, 11) is 0. The first kappa shape index (κ1) is 11.8. The lowest BCUT2D eigenvalue weighted by atomic mass is 9.94. The zero-order valence-corrected chi connectivity index (χ0v) is 10.4. The first-order valence-corrected chi connectivity index (χ1v) is 6.07. The normalized spacial score (nSPS) is 31.6. The molecule has 4 heteroatoms. The third-order valence-corrected chi connectivity index (χ3v) is 3.39. The van der Waals surface area contributed by atoms with Crippen molar-refractivity contribution in [3.63, 3.8) is 0 Å². The maximum absolute atomic E-state index is 12.9. The highest BCUT2D eigenvalue weighted by Crippen LogP contribution is 2.32. The van der Waals surface area contributed by atoms with E-state index in [2.05, 4.69) is 4.90 Å². The zero-order valence-electron chi connectivity index (χ0n) is 10.4. The van der Waals surface area contributed by atoms with Crippen molar-refractivity contribution in [3.8, 4) is 0 Å². The fraction of sp³-hybridized carbons (Fsp3) is 0.917. The van der Waals surface area contributed by atoms with Crippen LogP contribution in [0.3, 0.4) is 0 Å². The number of halogens is 1. The number of rotatable bonds is 1. The molecule has 92 valence electrons. The van der Waals surface area contributed by atoms with Gasteiger partial charge in [0.15, 0.2) is 0 Å². The third-order valence-electron chi connectivity index (χ3n) is 3.39. The fourth-order valence-corrected chi connectivity index (χ4v) is 2.26. The van der Waals surface area contributed by atoms with Crippen molar-refractivity contribution >= 4 is 5.91 Å². The summed E-state index contributed by atoms with van der Waals surface area (Å²) >= 11 is 0. The first-order chi connectivity index (χ1) is 7.39. The summed E-state index contributed by atoms with van der Waals surface area (Å²) in [4.78, 5) is 16.1. The van der Waals surface area contributed by atoms with Crippen LogP contribution in [-0.2, 0) is 4.79 Å². The van der Waals surface area contributed by atoms with E-state index < -0.39 is 6.17 Å². The Balaban J connectivity index is 1.83. The Hall–Kier alpha value is -0.640. The molecule has 3 nitrogen and oxygen atoms in total. The lowest BCUT2D eigenvalue weighted by molar-refractivity contribution is -0.141. The van der Waals surface area contributed by atoms with Gasteiger partial charge in [-0.3, -0.25) is 9.69 Å². The predicted octanol–water partition coefficient (Wildman–Crippen LogP) is 1.29. The highest BCUT2D eigenvalue weighted by molar-refractivity contribution is 5.81. The average molecular weight is 228 g/mol. The van der Waals surface area contributed by atoms with Gasteiger partial charge >= 0.3 is 0 Å². The Morgan fingerprint density at radius 1 is 1.19 bits per heavy atom. The van der Waals surface area contributed by atoms with Crippen molar-refractivity contribution in [2.24, 2.45) is 5.41 Å². The predicted molar refractivity (Wildman–Crippen MR) is 60.9 cm³/mol. The minimum absolute atomic E-state index is 0.145. The molecule has 0 radical (unpaired) electrons. The Labute approximate surface area is 96.6 Å². The summed E-state index contributed by atoms with van der Waals surface area (Å²) in [6, 6.07) is 0.145. The molecule has 0 bridgehead atoms. The molecule has 2 atom stereocenters. The molecule has 1 saturated carbocycles. The van der Waals surface area contributed by atoms with Gasteiger partial charge in [-0.1, -0.05) is 20.8 Å². The SMILES string of the molecule is CC(C)(C)C(=O)N1CCN(C2CC2F)CC1. The van der Waals surface area contributed by atoms with Gasteiger partial charge in [-0.15, -0.1) is 0 Å². The fourth-order valence-electron chi connectivity index (χ4n) is 2.26. The largest absolute Gasteiger partial charge is 0.340 e. The van der Waals surface area contributed by atoms with Crippen LogP contribution in [0, 0.1) is 5.41 Å². The molecule has 2 aliphatic rings. The highest BCUT2D eigenvalue weighted by Gasteiger charge is 2.43. The number of carbonyl (C=O) groups is 1. The van der Waals surface area contributed by atoms with E-state index >= 15 is 0 Å². The van der Waals surface area contributed by atoms with Gasteiger partial charge in [0.2, 0.25) is 5.91 Å². The maximum atomic E-state index is 12.9. The second-order valence-corrected chi connectivity index (χ2v) is 5.90. The maximum Gasteiger partial charge on any atom is 0.228 e. The second-order valence-electron chi connectivity index (χ2n) is 5.90. The summed E-state index contributed by atoms with van der Waals surface area (Å²) in [6.07, 6.45) is 0.0672. The van der Waals surface area contributed by atoms with Gasteiger partial charge in [0.1, 0.15) is 6.17 Å². The van der Waals surface area contributed by atoms with Crippen LogP contribution in [0.15, 0.2) is 0 Å². The van der Waals surface area contributed by atoms with E-state index in [1.807, 2.05) is 25.7 Å². The van der Waals surface area contributed by atoms with E-state index in [1.54, 1.807) is 0 Å². The molecule has 2 fully saturated rings. The van der Waals surface area contributed by atoms with Gasteiger partial charge < -0.3 is 4.90 Å². The lowest BCUT2D eigenvalue weighted by Gasteiger charge is -2.37. The van der Waals surface area contributed by atoms with Crippen LogP contribution in [0.4, 0.5) is 4.39 Å². The first-order valence-electron chi connectivity index (χ1n) is 6.07. The van der Waals surface area contributed by atoms with Crippen molar-refractivity contribution in [1.82, 2.24) is 9.80 Å². The van der Waals surface area contributed by atoms with Crippen molar-refractivity contribution in [2.75, 3.05) is 26.2 Å². The van der Waals surface area contributed by atoms with E-state index in [1.165, 1.54) is 0 Å². The average Bonchev–Trinajstić information content (AvgIpc) is 2.93. The van der Waals surface area contributed by atoms with Crippen molar-refractivity contribution < 1.29 is 9.18 Å². The van der Waals surface area contributed by atoms with Crippen LogP contribution in [0.5, 0.6) is 0 Å². The Kier molecular flexibility index (Phi) is 2.95. The van der Waals surface area contributed by atoms with E-state index in [4.69, 9.17) is 0 Å². The molecule has 16 heavy (non-hydrogen) atoms. The number of carbonyl (C=O) groups excluding carboxylic acids is 1. The molecule has 1 aliphatic heterocycles. The number of hydrogen-bond acceptors (Lipinski definition) is 2. The van der Waals surface area contributed by atoms with Gasteiger partial charge in [0, 0.05) is 37.6 Å². The molecule has 0 aromatic carbocycles. The number of alkyl halides is 1. The van der Waals surface area contributed by atoms with Gasteiger partial charge in [0.25, 0.3) is 0 Å². The van der Waals surface area contributed by atoms with Gasteiger partial charge in [-0.05, 0) is 6.42 Å². The minimum Gasteiger partial charge on any atom is -0.340 e. The molecule has 2 rings (SSSR count). The zero-order chi connectivity index (χ0) is 11.9. The molecule has 1 aliphatic carbocycles. The van der Waals surface area contributed by atoms with E-state index in [9.17, 15) is 9.18 Å². The number of amides is 1. The third kappa shape index (κ3) is 2.37. The Morgan fingerprint density at radius 3 is 2.06 bits per heavy atom. The van der Waals surface area contributed by atoms with Gasteiger partial charge in [-0.25, -0.2) is 4.39 Å². The molecule has 0 aromatic heterocycles. The highest BCUT2D eigenvalue weighted by atomic mass is 19.1. The topological polar surface area (TPSA) is 23.6 Å². The van der Waals surface area contributed by atoms with Gasteiger partial charge in [0.05, 0.1) is 0 Å². The van der Waals surface area contributed by atoms with E-state index in [0.29, 0.717) is 6.42 Å². The van der Waals surface area contributed by atoms with Crippen LogP contribution in [0.2, 0.25) is 0 Å². The number of nitrogens with zero attached hydrogens (tertiary/aromatic N) is 2. The summed E-state index contributed by atoms with van der Waals surface area (Å²) in [5.41, 5.74) is -0.301. The molecule has 2 unspecified atom stereocenters. The van der Waals surface area contributed by atoms with Crippen molar-refractivity contribution in [2.45, 2.75) is 39.4 Å². The standard InChI is InChI=1S/C12H21FN2O/c1-12(2,3)11(16)15-6-4-14(5-7-15)10-8-9(10)13/h9-10H,4-8H2,1-3H3. The molecule has 1 amide bonds. The smallest absolute Gasteiger partial charge is 0.228 e. The Bertz CT molecular complexity index is 279. The number of piperazine rings is 1. The molecule has 0 N–H and O–H groups in total. The summed E-state index contributed by atoms with van der Waals surface area (Å²) in [5.74, 6) is 0.208. The molecule has 1 saturated heterocycles. The van der Waals surface area contributed by atoms with E-state index in [-0.39, 0.29) is 17.4 Å². The van der Waals surface area contributed by atoms with Crippen LogP contribution < -0.4 is 0 Å². The number of hydrogen-bond donors (Lipinski definition) is 0. The summed E-state index contributed by atoms with van der Waals surface area (Å²) < 4.78 is 12.9. The molecule has 0 spiro atoms. The molecular formula is C12H21FN2O. The van der Waals surface area contributed by atoms with Crippen LogP contribution in [0.1, 0.15) is 27.2 Å². The van der Waals surface area contributed by atoms with Gasteiger partial charge in [-0.2, -0.15) is 0 Å². The summed E-state index contributed by atoms with van der Waals surface area (Å²) in [6.45, 7) is 8.99.